The van der Waals surface area contributed by atoms with Gasteiger partial charge in [0.1, 0.15) is 5.75 Å². The summed E-state index contributed by atoms with van der Waals surface area (Å²) < 4.78 is 0. The molecule has 96 valence electrons. The molecule has 1 aromatic rings. The maximum atomic E-state index is 12.1. The van der Waals surface area contributed by atoms with E-state index >= 15 is 0 Å². The number of hydrogen-bond donors (Lipinski definition) is 2. The van der Waals surface area contributed by atoms with Crippen LogP contribution in [0.3, 0.4) is 0 Å². The summed E-state index contributed by atoms with van der Waals surface area (Å²) >= 11 is 0. The molecule has 1 aliphatic rings. The molecule has 1 heterocycles. The van der Waals surface area contributed by atoms with Gasteiger partial charge in [-0.2, -0.15) is 0 Å². The summed E-state index contributed by atoms with van der Waals surface area (Å²) in [5, 5.41) is 18.6. The number of amides is 1. The maximum Gasteiger partial charge on any atom is 0.308 e. The molecule has 0 spiro atoms. The molecule has 1 unspecified atom stereocenters. The maximum absolute atomic E-state index is 12.1. The van der Waals surface area contributed by atoms with Gasteiger partial charge in [-0.3, -0.25) is 9.59 Å². The third-order valence-electron chi connectivity index (χ3n) is 3.21. The Morgan fingerprint density at radius 1 is 1.39 bits per heavy atom. The molecule has 0 aliphatic carbocycles. The fourth-order valence-corrected chi connectivity index (χ4v) is 2.14. The van der Waals surface area contributed by atoms with E-state index in [1.807, 2.05) is 6.92 Å². The van der Waals surface area contributed by atoms with E-state index in [2.05, 4.69) is 0 Å². The van der Waals surface area contributed by atoms with Gasteiger partial charge in [-0.25, -0.2) is 0 Å². The van der Waals surface area contributed by atoms with Gasteiger partial charge in [0.2, 0.25) is 0 Å². The zero-order valence-corrected chi connectivity index (χ0v) is 10.1. The van der Waals surface area contributed by atoms with Gasteiger partial charge in [-0.1, -0.05) is 6.07 Å². The number of aliphatic carboxylic acids is 1. The lowest BCUT2D eigenvalue weighted by atomic mass is 10.1. The van der Waals surface area contributed by atoms with E-state index in [4.69, 9.17) is 5.11 Å². The minimum atomic E-state index is -0.876. The number of likely N-dealkylation sites (tertiary alicyclic amines) is 1. The first-order valence-electron chi connectivity index (χ1n) is 5.80. The summed E-state index contributed by atoms with van der Waals surface area (Å²) in [4.78, 5) is 24.4. The monoisotopic (exact) mass is 249 g/mol. The lowest BCUT2D eigenvalue weighted by Gasteiger charge is -2.16. The molecule has 18 heavy (non-hydrogen) atoms. The number of rotatable bonds is 2. The SMILES string of the molecule is Cc1ccc(C(=O)N2CCC(C(=O)O)C2)c(O)c1. The van der Waals surface area contributed by atoms with Crippen LogP contribution in [-0.2, 0) is 4.79 Å². The highest BCUT2D eigenvalue weighted by Crippen LogP contribution is 2.24. The van der Waals surface area contributed by atoms with Gasteiger partial charge < -0.3 is 15.1 Å². The van der Waals surface area contributed by atoms with Crippen LogP contribution in [0.4, 0.5) is 0 Å². The van der Waals surface area contributed by atoms with E-state index in [-0.39, 0.29) is 23.8 Å². The van der Waals surface area contributed by atoms with Crippen molar-refractivity contribution in [1.29, 1.82) is 0 Å². The Hall–Kier alpha value is -2.04. The van der Waals surface area contributed by atoms with Crippen molar-refractivity contribution in [3.05, 3.63) is 29.3 Å². The van der Waals surface area contributed by atoms with E-state index in [1.54, 1.807) is 12.1 Å². The van der Waals surface area contributed by atoms with Crippen LogP contribution in [-0.4, -0.2) is 40.1 Å². The second-order valence-electron chi connectivity index (χ2n) is 4.60. The number of carboxylic acids is 1. The second-order valence-corrected chi connectivity index (χ2v) is 4.60. The van der Waals surface area contributed by atoms with Crippen molar-refractivity contribution in [3.63, 3.8) is 0 Å². The number of aromatic hydroxyl groups is 1. The minimum absolute atomic E-state index is 0.0567. The number of nitrogens with zero attached hydrogens (tertiary/aromatic N) is 1. The van der Waals surface area contributed by atoms with E-state index in [1.165, 1.54) is 11.0 Å². The fourth-order valence-electron chi connectivity index (χ4n) is 2.14. The van der Waals surface area contributed by atoms with Crippen LogP contribution in [0, 0.1) is 12.8 Å². The van der Waals surface area contributed by atoms with Crippen molar-refractivity contribution in [1.82, 2.24) is 4.90 Å². The predicted molar refractivity (Wildman–Crippen MR) is 64.5 cm³/mol. The first-order chi connectivity index (χ1) is 8.49. The number of benzene rings is 1. The molecular formula is C13H15NO4. The van der Waals surface area contributed by atoms with Gasteiger partial charge in [-0.15, -0.1) is 0 Å². The molecule has 1 atom stereocenters. The van der Waals surface area contributed by atoms with Crippen LogP contribution in [0.15, 0.2) is 18.2 Å². The highest BCUT2D eigenvalue weighted by molar-refractivity contribution is 5.97. The van der Waals surface area contributed by atoms with Crippen LogP contribution < -0.4 is 0 Å². The Balaban J connectivity index is 2.15. The van der Waals surface area contributed by atoms with E-state index in [0.29, 0.717) is 13.0 Å². The first-order valence-corrected chi connectivity index (χ1v) is 5.80. The summed E-state index contributed by atoms with van der Waals surface area (Å²) in [5.74, 6) is -1.74. The summed E-state index contributed by atoms with van der Waals surface area (Å²) in [6, 6.07) is 4.84. The van der Waals surface area contributed by atoms with Crippen molar-refractivity contribution < 1.29 is 19.8 Å². The number of aryl methyl sites for hydroxylation is 1. The number of carbonyl (C=O) groups is 2. The average Bonchev–Trinajstić information content (AvgIpc) is 2.77. The van der Waals surface area contributed by atoms with Crippen LogP contribution in [0.25, 0.3) is 0 Å². The summed E-state index contributed by atoms with van der Waals surface area (Å²) in [6.45, 7) is 2.45. The Bertz CT molecular complexity index is 498. The Morgan fingerprint density at radius 3 is 2.67 bits per heavy atom. The molecule has 2 N–H and O–H groups in total. The predicted octanol–water partition coefficient (Wildman–Crippen LogP) is 1.25. The summed E-state index contributed by atoms with van der Waals surface area (Å²) in [5.41, 5.74) is 1.10. The Morgan fingerprint density at radius 2 is 2.11 bits per heavy atom. The lowest BCUT2D eigenvalue weighted by Crippen LogP contribution is -2.30. The quantitative estimate of drug-likeness (QED) is 0.826. The topological polar surface area (TPSA) is 77.8 Å². The minimum Gasteiger partial charge on any atom is -0.507 e. The molecule has 5 heteroatoms. The zero-order chi connectivity index (χ0) is 13.3. The van der Waals surface area contributed by atoms with Crippen molar-refractivity contribution in [2.24, 2.45) is 5.92 Å². The van der Waals surface area contributed by atoms with Crippen LogP contribution in [0.5, 0.6) is 5.75 Å². The van der Waals surface area contributed by atoms with Gasteiger partial charge in [0.15, 0.2) is 0 Å². The summed E-state index contributed by atoms with van der Waals surface area (Å²) in [6.07, 6.45) is 0.466. The highest BCUT2D eigenvalue weighted by Gasteiger charge is 2.32. The average molecular weight is 249 g/mol. The van der Waals surface area contributed by atoms with Crippen molar-refractivity contribution in [3.8, 4) is 5.75 Å². The van der Waals surface area contributed by atoms with E-state index < -0.39 is 11.9 Å². The zero-order valence-electron chi connectivity index (χ0n) is 10.1. The number of carbonyl (C=O) groups excluding carboxylic acids is 1. The molecule has 0 bridgehead atoms. The smallest absolute Gasteiger partial charge is 0.308 e. The standard InChI is InChI=1S/C13H15NO4/c1-8-2-3-10(11(15)6-8)12(16)14-5-4-9(7-14)13(17)18/h2-3,6,9,15H,4-5,7H2,1H3,(H,17,18). The molecule has 1 fully saturated rings. The molecule has 0 aromatic heterocycles. The second kappa shape index (κ2) is 4.68. The fraction of sp³-hybridized carbons (Fsp3) is 0.385. The Labute approximate surface area is 105 Å². The van der Waals surface area contributed by atoms with Crippen molar-refractivity contribution in [2.75, 3.05) is 13.1 Å². The molecule has 5 nitrogen and oxygen atoms in total. The highest BCUT2D eigenvalue weighted by atomic mass is 16.4. The number of carboxylic acid groups (broad SMARTS) is 1. The van der Waals surface area contributed by atoms with Crippen LogP contribution >= 0.6 is 0 Å². The molecular weight excluding hydrogens is 234 g/mol. The van der Waals surface area contributed by atoms with E-state index in [9.17, 15) is 14.7 Å². The van der Waals surface area contributed by atoms with Crippen LogP contribution in [0.1, 0.15) is 22.3 Å². The third kappa shape index (κ3) is 2.30. The molecule has 0 radical (unpaired) electrons. The Kier molecular flexibility index (Phi) is 3.23. The molecule has 0 saturated carbocycles. The van der Waals surface area contributed by atoms with Gasteiger partial charge in [0.25, 0.3) is 5.91 Å². The first kappa shape index (κ1) is 12.4. The third-order valence-corrected chi connectivity index (χ3v) is 3.21. The van der Waals surface area contributed by atoms with Crippen LogP contribution in [0.2, 0.25) is 0 Å². The van der Waals surface area contributed by atoms with Gasteiger partial charge in [0, 0.05) is 13.1 Å². The van der Waals surface area contributed by atoms with Gasteiger partial charge >= 0.3 is 5.97 Å². The van der Waals surface area contributed by atoms with Gasteiger partial charge in [-0.05, 0) is 31.0 Å². The molecule has 2 rings (SSSR count). The van der Waals surface area contributed by atoms with Crippen molar-refractivity contribution in [2.45, 2.75) is 13.3 Å². The normalized spacial score (nSPS) is 18.9. The largest absolute Gasteiger partial charge is 0.507 e. The number of phenols is 1. The molecule has 1 amide bonds. The summed E-state index contributed by atoms with van der Waals surface area (Å²) in [7, 11) is 0. The van der Waals surface area contributed by atoms with Gasteiger partial charge in [0.05, 0.1) is 11.5 Å². The molecule has 1 aromatic carbocycles. The lowest BCUT2D eigenvalue weighted by molar-refractivity contribution is -0.141. The van der Waals surface area contributed by atoms with E-state index in [0.717, 1.165) is 5.56 Å². The molecule has 1 saturated heterocycles. The number of phenolic OH excluding ortho intramolecular Hbond substituents is 1. The molecule has 1 aliphatic heterocycles. The van der Waals surface area contributed by atoms with Crippen molar-refractivity contribution >= 4 is 11.9 Å². The number of hydrogen-bond acceptors (Lipinski definition) is 3.